The summed E-state index contributed by atoms with van der Waals surface area (Å²) in [5, 5.41) is 21.3. The molecule has 2 heterocycles. The van der Waals surface area contributed by atoms with E-state index in [4.69, 9.17) is 10.00 Å². The van der Waals surface area contributed by atoms with Gasteiger partial charge in [-0.1, -0.05) is 6.07 Å². The van der Waals surface area contributed by atoms with E-state index in [1.807, 2.05) is 29.7 Å². The maximum atomic E-state index is 12.8. The number of ether oxygens (including phenoxy) is 1. The Bertz CT molecular complexity index is 1230. The van der Waals surface area contributed by atoms with Crippen molar-refractivity contribution in [1.82, 2.24) is 9.55 Å². The number of aliphatic hydroxyl groups is 1. The summed E-state index contributed by atoms with van der Waals surface area (Å²) in [6, 6.07) is 12.2. The molecule has 32 heavy (non-hydrogen) atoms. The van der Waals surface area contributed by atoms with E-state index in [1.54, 1.807) is 23.1 Å². The fourth-order valence-corrected chi connectivity index (χ4v) is 3.78. The highest BCUT2D eigenvalue weighted by Crippen LogP contribution is 2.30. The van der Waals surface area contributed by atoms with Crippen LogP contribution in [0.4, 0.5) is 11.6 Å². The number of hydrogen-bond donors (Lipinski definition) is 2. The molecule has 0 aliphatic carbocycles. The lowest BCUT2D eigenvalue weighted by atomic mass is 10.1. The average molecular weight is 433 g/mol. The highest BCUT2D eigenvalue weighted by atomic mass is 16.5. The normalized spacial score (nSPS) is 13.9. The predicted molar refractivity (Wildman–Crippen MR) is 118 cm³/mol. The Balaban J connectivity index is 1.73. The molecule has 4 rings (SSSR count). The Hall–Kier alpha value is -3.74. The third-order valence-corrected chi connectivity index (χ3v) is 5.36. The predicted octanol–water partition coefficient (Wildman–Crippen LogP) is 2.21. The van der Waals surface area contributed by atoms with Gasteiger partial charge in [0.2, 0.25) is 5.95 Å². The summed E-state index contributed by atoms with van der Waals surface area (Å²) < 4.78 is 7.07. The van der Waals surface area contributed by atoms with Crippen LogP contribution in [0.2, 0.25) is 0 Å². The molecule has 2 amide bonds. The first kappa shape index (κ1) is 21.5. The number of nitriles is 1. The minimum absolute atomic E-state index is 0.00335. The Kier molecular flexibility index (Phi) is 6.16. The largest absolute Gasteiger partial charge is 0.396 e. The molecule has 0 spiro atoms. The van der Waals surface area contributed by atoms with Crippen LogP contribution < -0.4 is 10.2 Å². The van der Waals surface area contributed by atoms with Crippen molar-refractivity contribution in [3.05, 3.63) is 53.1 Å². The van der Waals surface area contributed by atoms with Crippen molar-refractivity contribution in [2.45, 2.75) is 19.9 Å². The Morgan fingerprint density at radius 1 is 1.34 bits per heavy atom. The van der Waals surface area contributed by atoms with Gasteiger partial charge in [0.25, 0.3) is 11.8 Å². The van der Waals surface area contributed by atoms with Crippen molar-refractivity contribution < 1.29 is 19.4 Å². The summed E-state index contributed by atoms with van der Waals surface area (Å²) >= 11 is 0. The van der Waals surface area contributed by atoms with Gasteiger partial charge in [0.15, 0.2) is 0 Å². The number of aryl methyl sites for hydroxylation is 2. The molecular weight excluding hydrogens is 410 g/mol. The monoisotopic (exact) mass is 433 g/mol. The SMILES string of the molecule is Cc1cc2c(cc1N1CCOCC1=O)nc(NC(=O)c1cccc(C#N)c1)n2CCCO. The number of nitrogens with one attached hydrogen (secondary N) is 1. The highest BCUT2D eigenvalue weighted by Gasteiger charge is 2.23. The summed E-state index contributed by atoms with van der Waals surface area (Å²) in [6.07, 6.45) is 0.487. The zero-order valence-corrected chi connectivity index (χ0v) is 17.7. The molecule has 0 unspecified atom stereocenters. The summed E-state index contributed by atoms with van der Waals surface area (Å²) in [6.45, 7) is 3.36. The van der Waals surface area contributed by atoms with Crippen molar-refractivity contribution >= 4 is 34.5 Å². The molecule has 1 saturated heterocycles. The van der Waals surface area contributed by atoms with E-state index in [-0.39, 0.29) is 25.0 Å². The minimum Gasteiger partial charge on any atom is -0.396 e. The van der Waals surface area contributed by atoms with E-state index in [0.29, 0.717) is 48.7 Å². The molecule has 0 bridgehead atoms. The number of aromatic nitrogens is 2. The first-order valence-corrected chi connectivity index (χ1v) is 10.3. The average Bonchev–Trinajstić information content (AvgIpc) is 3.13. The van der Waals surface area contributed by atoms with Crippen LogP contribution in [0.3, 0.4) is 0 Å². The molecule has 0 atom stereocenters. The molecule has 1 aliphatic heterocycles. The third-order valence-electron chi connectivity index (χ3n) is 5.36. The van der Waals surface area contributed by atoms with Crippen molar-refractivity contribution in [1.29, 1.82) is 5.26 Å². The number of rotatable bonds is 6. The fourth-order valence-electron chi connectivity index (χ4n) is 3.78. The Morgan fingerprint density at radius 2 is 2.19 bits per heavy atom. The van der Waals surface area contributed by atoms with Gasteiger partial charge in [0, 0.05) is 30.9 Å². The van der Waals surface area contributed by atoms with E-state index in [9.17, 15) is 14.7 Å². The van der Waals surface area contributed by atoms with Gasteiger partial charge in [0.1, 0.15) is 6.61 Å². The number of imidazole rings is 1. The van der Waals surface area contributed by atoms with Crippen LogP contribution in [0.15, 0.2) is 36.4 Å². The lowest BCUT2D eigenvalue weighted by Gasteiger charge is -2.28. The van der Waals surface area contributed by atoms with Gasteiger partial charge >= 0.3 is 0 Å². The number of aliphatic hydroxyl groups excluding tert-OH is 1. The minimum atomic E-state index is -0.386. The van der Waals surface area contributed by atoms with E-state index in [0.717, 1.165) is 16.8 Å². The molecule has 0 saturated carbocycles. The number of benzene rings is 2. The van der Waals surface area contributed by atoms with Crippen molar-refractivity contribution in [2.75, 3.05) is 36.6 Å². The second-order valence-electron chi connectivity index (χ2n) is 7.54. The first-order valence-electron chi connectivity index (χ1n) is 10.3. The van der Waals surface area contributed by atoms with E-state index in [1.165, 1.54) is 6.07 Å². The van der Waals surface area contributed by atoms with Gasteiger partial charge in [-0.25, -0.2) is 4.98 Å². The number of carbonyl (C=O) groups is 2. The van der Waals surface area contributed by atoms with Crippen molar-refractivity contribution in [3.63, 3.8) is 0 Å². The van der Waals surface area contributed by atoms with Crippen LogP contribution in [0.1, 0.15) is 27.9 Å². The molecule has 2 N–H and O–H groups in total. The van der Waals surface area contributed by atoms with Crippen LogP contribution in [-0.2, 0) is 16.1 Å². The molecule has 9 heteroatoms. The standard InChI is InChI=1S/C23H23N5O4/c1-15-10-20-18(12-19(15)27-7-9-32-14-21(27)30)25-23(28(20)6-3-8-29)26-22(31)17-5-2-4-16(11-17)13-24/h2,4-5,10-12,29H,3,6-9,14H2,1H3,(H,25,26,31). The smallest absolute Gasteiger partial charge is 0.258 e. The molecule has 2 aromatic carbocycles. The first-order chi connectivity index (χ1) is 15.5. The number of anilines is 2. The van der Waals surface area contributed by atoms with Crippen LogP contribution in [0, 0.1) is 18.3 Å². The highest BCUT2D eigenvalue weighted by molar-refractivity contribution is 6.04. The topological polar surface area (TPSA) is 120 Å². The second kappa shape index (κ2) is 9.18. The van der Waals surface area contributed by atoms with Gasteiger partial charge in [-0.3, -0.25) is 14.9 Å². The molecule has 0 radical (unpaired) electrons. The lowest BCUT2D eigenvalue weighted by Crippen LogP contribution is -2.42. The molecule has 3 aromatic rings. The molecule has 1 aromatic heterocycles. The fraction of sp³-hybridized carbons (Fsp3) is 0.304. The summed E-state index contributed by atoms with van der Waals surface area (Å²) in [4.78, 5) is 31.4. The maximum Gasteiger partial charge on any atom is 0.258 e. The second-order valence-corrected chi connectivity index (χ2v) is 7.54. The zero-order chi connectivity index (χ0) is 22.7. The quantitative estimate of drug-likeness (QED) is 0.615. The van der Waals surface area contributed by atoms with Gasteiger partial charge in [0.05, 0.1) is 29.3 Å². The molecular formula is C23H23N5O4. The summed E-state index contributed by atoms with van der Waals surface area (Å²) in [7, 11) is 0. The van der Waals surface area contributed by atoms with Gasteiger partial charge in [-0.15, -0.1) is 0 Å². The van der Waals surface area contributed by atoms with Crippen LogP contribution in [0.25, 0.3) is 11.0 Å². The van der Waals surface area contributed by atoms with Crippen molar-refractivity contribution in [3.8, 4) is 6.07 Å². The number of amides is 2. The van der Waals surface area contributed by atoms with Gasteiger partial charge < -0.3 is 19.3 Å². The third kappa shape index (κ3) is 4.19. The molecule has 164 valence electrons. The number of carbonyl (C=O) groups excluding carboxylic acids is 2. The number of fused-ring (bicyclic) bond motifs is 1. The van der Waals surface area contributed by atoms with Crippen molar-refractivity contribution in [2.24, 2.45) is 0 Å². The van der Waals surface area contributed by atoms with Crippen LogP contribution in [0.5, 0.6) is 0 Å². The maximum absolute atomic E-state index is 12.8. The summed E-state index contributed by atoms with van der Waals surface area (Å²) in [5.74, 6) is -0.155. The molecule has 1 aliphatic rings. The van der Waals surface area contributed by atoms with Gasteiger partial charge in [-0.2, -0.15) is 5.26 Å². The van der Waals surface area contributed by atoms with Crippen LogP contribution >= 0.6 is 0 Å². The van der Waals surface area contributed by atoms with E-state index >= 15 is 0 Å². The molecule has 9 nitrogen and oxygen atoms in total. The van der Waals surface area contributed by atoms with Gasteiger partial charge in [-0.05, 0) is 49.2 Å². The number of hydrogen-bond acceptors (Lipinski definition) is 6. The molecule has 1 fully saturated rings. The van der Waals surface area contributed by atoms with E-state index < -0.39 is 0 Å². The van der Waals surface area contributed by atoms with Crippen LogP contribution in [-0.4, -0.2) is 52.8 Å². The number of morpholine rings is 1. The van der Waals surface area contributed by atoms with E-state index in [2.05, 4.69) is 10.3 Å². The Morgan fingerprint density at radius 3 is 2.94 bits per heavy atom. The summed E-state index contributed by atoms with van der Waals surface area (Å²) in [5.41, 5.74) is 3.82. The zero-order valence-electron chi connectivity index (χ0n) is 17.7. The lowest BCUT2D eigenvalue weighted by molar-refractivity contribution is -0.125. The Labute approximate surface area is 184 Å². The number of nitrogens with zero attached hydrogens (tertiary/aromatic N) is 4.